The Kier molecular flexibility index (Phi) is 3.25. The van der Waals surface area contributed by atoms with Gasteiger partial charge in [0.25, 0.3) is 0 Å². The minimum Gasteiger partial charge on any atom is -0.478 e. The number of carbonyl (C=O) groups excluding carboxylic acids is 1. The third-order valence-electron chi connectivity index (χ3n) is 3.13. The lowest BCUT2D eigenvalue weighted by Crippen LogP contribution is -2.28. The Balaban J connectivity index is 2.60. The number of fused-ring (bicyclic) bond motifs is 1. The number of hydrogen-bond acceptors (Lipinski definition) is 3. The monoisotopic (exact) mass is 261 g/mol. The predicted molar refractivity (Wildman–Crippen MR) is 70.2 cm³/mol. The van der Waals surface area contributed by atoms with E-state index >= 15 is 0 Å². The van der Waals surface area contributed by atoms with E-state index in [1.54, 1.807) is 31.5 Å². The maximum absolute atomic E-state index is 11.7. The Morgan fingerprint density at radius 3 is 2.68 bits per heavy atom. The van der Waals surface area contributed by atoms with E-state index in [-0.39, 0.29) is 11.5 Å². The summed E-state index contributed by atoms with van der Waals surface area (Å²) in [5.41, 5.74) is 1.51. The number of benzene rings is 1. The molecule has 0 spiro atoms. The average molecular weight is 261 g/mol. The minimum absolute atomic E-state index is 0.121. The second-order valence-electron chi connectivity index (χ2n) is 4.33. The lowest BCUT2D eigenvalue weighted by molar-refractivity contribution is -0.123. The number of aryl methyl sites for hydroxylation is 1. The Labute approximate surface area is 110 Å². The molecule has 0 saturated heterocycles. The van der Waals surface area contributed by atoms with E-state index in [4.69, 9.17) is 5.11 Å². The molecule has 0 aliphatic heterocycles. The van der Waals surface area contributed by atoms with Gasteiger partial charge in [-0.3, -0.25) is 4.79 Å². The normalized spacial score (nSPS) is 12.4. The molecular formula is C13H15N3O3. The van der Waals surface area contributed by atoms with Crippen molar-refractivity contribution in [2.24, 2.45) is 0 Å². The fraction of sp³-hybridized carbons (Fsp3) is 0.308. The molecular weight excluding hydrogens is 246 g/mol. The molecule has 0 aliphatic rings. The molecule has 2 aromatic rings. The van der Waals surface area contributed by atoms with Gasteiger partial charge in [0.05, 0.1) is 16.6 Å². The van der Waals surface area contributed by atoms with Gasteiger partial charge in [0, 0.05) is 7.05 Å². The first kappa shape index (κ1) is 13.1. The molecule has 0 aliphatic carbocycles. The average Bonchev–Trinajstić information content (AvgIpc) is 2.71. The van der Waals surface area contributed by atoms with Crippen LogP contribution in [0.25, 0.3) is 11.0 Å². The van der Waals surface area contributed by atoms with Gasteiger partial charge in [-0.25, -0.2) is 9.78 Å². The lowest BCUT2D eigenvalue weighted by Gasteiger charge is -2.14. The summed E-state index contributed by atoms with van der Waals surface area (Å²) in [4.78, 5) is 27.0. The first-order valence-corrected chi connectivity index (χ1v) is 5.89. The topological polar surface area (TPSA) is 84.2 Å². The number of imidazole rings is 1. The van der Waals surface area contributed by atoms with E-state index in [0.29, 0.717) is 11.3 Å². The number of carboxylic acid groups (broad SMARTS) is 1. The van der Waals surface area contributed by atoms with Gasteiger partial charge in [0.15, 0.2) is 0 Å². The van der Waals surface area contributed by atoms with Crippen molar-refractivity contribution in [2.75, 3.05) is 7.05 Å². The van der Waals surface area contributed by atoms with E-state index in [1.165, 1.54) is 12.1 Å². The van der Waals surface area contributed by atoms with Crippen LogP contribution in [0, 0.1) is 6.92 Å². The number of amides is 1. The third-order valence-corrected chi connectivity index (χ3v) is 3.13. The van der Waals surface area contributed by atoms with Crippen LogP contribution in [-0.2, 0) is 4.79 Å². The second-order valence-corrected chi connectivity index (χ2v) is 4.33. The highest BCUT2D eigenvalue weighted by Gasteiger charge is 2.19. The van der Waals surface area contributed by atoms with Crippen molar-refractivity contribution in [3.8, 4) is 0 Å². The maximum Gasteiger partial charge on any atom is 0.335 e. The molecule has 0 bridgehead atoms. The third kappa shape index (κ3) is 2.16. The number of hydrogen-bond donors (Lipinski definition) is 2. The molecule has 1 aromatic heterocycles. The second kappa shape index (κ2) is 4.72. The van der Waals surface area contributed by atoms with Crippen molar-refractivity contribution < 1.29 is 14.7 Å². The quantitative estimate of drug-likeness (QED) is 0.873. The van der Waals surface area contributed by atoms with Crippen LogP contribution in [0.3, 0.4) is 0 Å². The summed E-state index contributed by atoms with van der Waals surface area (Å²) in [5.74, 6) is -0.438. The molecule has 0 saturated carbocycles. The van der Waals surface area contributed by atoms with Gasteiger partial charge in [-0.1, -0.05) is 0 Å². The molecule has 0 radical (unpaired) electrons. The largest absolute Gasteiger partial charge is 0.478 e. The summed E-state index contributed by atoms with van der Waals surface area (Å²) in [7, 11) is 1.58. The number of likely N-dealkylation sites (N-methyl/N-ethyl adjacent to an activating group) is 1. The highest BCUT2D eigenvalue weighted by Crippen LogP contribution is 2.22. The van der Waals surface area contributed by atoms with Crippen molar-refractivity contribution in [1.29, 1.82) is 0 Å². The van der Waals surface area contributed by atoms with Gasteiger partial charge in [0.2, 0.25) is 5.91 Å². The summed E-state index contributed by atoms with van der Waals surface area (Å²) < 4.78 is 1.79. The Morgan fingerprint density at radius 2 is 2.11 bits per heavy atom. The maximum atomic E-state index is 11.7. The summed E-state index contributed by atoms with van der Waals surface area (Å²) in [6, 6.07) is 4.31. The van der Waals surface area contributed by atoms with E-state index in [9.17, 15) is 9.59 Å². The predicted octanol–water partition coefficient (Wildman–Crippen LogP) is 1.35. The van der Waals surface area contributed by atoms with Crippen molar-refractivity contribution in [3.05, 3.63) is 29.6 Å². The van der Waals surface area contributed by atoms with Crippen molar-refractivity contribution in [3.63, 3.8) is 0 Å². The van der Waals surface area contributed by atoms with Crippen molar-refractivity contribution in [1.82, 2.24) is 14.9 Å². The molecule has 6 nitrogen and oxygen atoms in total. The SMILES string of the molecule is CNC(=O)C(C)n1c(C)nc2cc(C(=O)O)ccc21. The zero-order valence-electron chi connectivity index (χ0n) is 11.0. The van der Waals surface area contributed by atoms with Crippen LogP contribution in [0.2, 0.25) is 0 Å². The lowest BCUT2D eigenvalue weighted by atomic mass is 10.2. The number of nitrogens with one attached hydrogen (secondary N) is 1. The number of carboxylic acids is 1. The van der Waals surface area contributed by atoms with Crippen LogP contribution in [0.5, 0.6) is 0 Å². The molecule has 1 aromatic carbocycles. The van der Waals surface area contributed by atoms with Crippen LogP contribution in [0.1, 0.15) is 29.1 Å². The smallest absolute Gasteiger partial charge is 0.335 e. The molecule has 1 unspecified atom stereocenters. The Hall–Kier alpha value is -2.37. The van der Waals surface area contributed by atoms with Crippen molar-refractivity contribution >= 4 is 22.9 Å². The molecule has 6 heteroatoms. The molecule has 2 N–H and O–H groups in total. The first-order chi connectivity index (χ1) is 8.95. The van der Waals surface area contributed by atoms with Gasteiger partial charge in [-0.2, -0.15) is 0 Å². The highest BCUT2D eigenvalue weighted by atomic mass is 16.4. The van der Waals surface area contributed by atoms with Gasteiger partial charge >= 0.3 is 5.97 Å². The number of aromatic carboxylic acids is 1. The van der Waals surface area contributed by atoms with Gasteiger partial charge in [-0.05, 0) is 32.0 Å². The van der Waals surface area contributed by atoms with Crippen LogP contribution in [0.15, 0.2) is 18.2 Å². The standard InChI is InChI=1S/C13H15N3O3/c1-7(12(17)14-3)16-8(2)15-10-6-9(13(18)19)4-5-11(10)16/h4-7H,1-3H3,(H,14,17)(H,18,19). The summed E-state index contributed by atoms with van der Waals surface area (Å²) in [6.45, 7) is 3.57. The van der Waals surface area contributed by atoms with Gasteiger partial charge < -0.3 is 15.0 Å². The molecule has 0 fully saturated rings. The molecule has 2 rings (SSSR count). The summed E-state index contributed by atoms with van der Waals surface area (Å²) in [5, 5.41) is 11.6. The number of nitrogens with zero attached hydrogens (tertiary/aromatic N) is 2. The minimum atomic E-state index is -0.992. The number of aromatic nitrogens is 2. The van der Waals surface area contributed by atoms with E-state index in [2.05, 4.69) is 10.3 Å². The molecule has 19 heavy (non-hydrogen) atoms. The Bertz CT molecular complexity index is 660. The first-order valence-electron chi connectivity index (χ1n) is 5.89. The highest BCUT2D eigenvalue weighted by molar-refractivity contribution is 5.93. The number of carbonyl (C=O) groups is 2. The zero-order valence-corrected chi connectivity index (χ0v) is 11.0. The van der Waals surface area contributed by atoms with Crippen LogP contribution < -0.4 is 5.32 Å². The molecule has 100 valence electrons. The van der Waals surface area contributed by atoms with Crippen molar-refractivity contribution in [2.45, 2.75) is 19.9 Å². The fourth-order valence-electron chi connectivity index (χ4n) is 2.17. The van der Waals surface area contributed by atoms with E-state index < -0.39 is 12.0 Å². The van der Waals surface area contributed by atoms with E-state index in [1.807, 2.05) is 0 Å². The zero-order chi connectivity index (χ0) is 14.2. The van der Waals surface area contributed by atoms with Crippen LogP contribution in [-0.4, -0.2) is 33.6 Å². The summed E-state index contributed by atoms with van der Waals surface area (Å²) in [6.07, 6.45) is 0. The Morgan fingerprint density at radius 1 is 1.42 bits per heavy atom. The van der Waals surface area contributed by atoms with E-state index in [0.717, 1.165) is 5.52 Å². The molecule has 1 atom stereocenters. The van der Waals surface area contributed by atoms with Gasteiger partial charge in [0.1, 0.15) is 11.9 Å². The molecule has 1 heterocycles. The molecule has 1 amide bonds. The van der Waals surface area contributed by atoms with Crippen LogP contribution >= 0.6 is 0 Å². The van der Waals surface area contributed by atoms with Crippen LogP contribution in [0.4, 0.5) is 0 Å². The van der Waals surface area contributed by atoms with Gasteiger partial charge in [-0.15, -0.1) is 0 Å². The number of rotatable bonds is 3. The summed E-state index contributed by atoms with van der Waals surface area (Å²) >= 11 is 0. The fourth-order valence-corrected chi connectivity index (χ4v) is 2.17.